The van der Waals surface area contributed by atoms with Crippen LogP contribution in [0.4, 0.5) is 0 Å². The Morgan fingerprint density at radius 3 is 2.17 bits per heavy atom. The standard InChI is InChI=1S/C17H10O6/c18-9-2-4-13-15(16(9)21)17(22)14-8-6-11(20)10(19)5-7(8)1-3-12(14)23-13/h1-6,18-21H. The van der Waals surface area contributed by atoms with Crippen LogP contribution in [0.25, 0.3) is 32.7 Å². The molecule has 0 amide bonds. The minimum absolute atomic E-state index is 0.139. The summed E-state index contributed by atoms with van der Waals surface area (Å²) in [6.45, 7) is 0. The topological polar surface area (TPSA) is 111 Å². The second-order valence-corrected chi connectivity index (χ2v) is 5.24. The van der Waals surface area contributed by atoms with Crippen LogP contribution in [0.5, 0.6) is 23.0 Å². The number of benzene rings is 3. The third kappa shape index (κ3) is 1.72. The normalized spacial score (nSPS) is 11.5. The number of aromatic hydroxyl groups is 4. The van der Waals surface area contributed by atoms with Gasteiger partial charge in [0.2, 0.25) is 5.43 Å². The highest BCUT2D eigenvalue weighted by molar-refractivity contribution is 6.09. The second kappa shape index (κ2) is 4.30. The van der Waals surface area contributed by atoms with E-state index in [0.717, 1.165) is 0 Å². The highest BCUT2D eigenvalue weighted by Crippen LogP contribution is 2.37. The van der Waals surface area contributed by atoms with Crippen LogP contribution < -0.4 is 5.43 Å². The van der Waals surface area contributed by atoms with E-state index in [4.69, 9.17) is 4.42 Å². The van der Waals surface area contributed by atoms with Gasteiger partial charge in [0.15, 0.2) is 23.0 Å². The van der Waals surface area contributed by atoms with Gasteiger partial charge < -0.3 is 24.8 Å². The van der Waals surface area contributed by atoms with Crippen LogP contribution >= 0.6 is 0 Å². The molecule has 0 unspecified atom stereocenters. The summed E-state index contributed by atoms with van der Waals surface area (Å²) in [5.41, 5.74) is -0.129. The Morgan fingerprint density at radius 2 is 1.39 bits per heavy atom. The van der Waals surface area contributed by atoms with E-state index in [9.17, 15) is 25.2 Å². The van der Waals surface area contributed by atoms with Crippen molar-refractivity contribution in [3.05, 3.63) is 46.6 Å². The van der Waals surface area contributed by atoms with Gasteiger partial charge in [-0.3, -0.25) is 4.79 Å². The first-order chi connectivity index (χ1) is 11.0. The van der Waals surface area contributed by atoms with E-state index in [2.05, 4.69) is 0 Å². The van der Waals surface area contributed by atoms with Crippen LogP contribution in [0, 0.1) is 0 Å². The predicted octanol–water partition coefficient (Wildman–Crippen LogP) is 2.92. The van der Waals surface area contributed by atoms with Crippen molar-refractivity contribution >= 4 is 32.7 Å². The largest absolute Gasteiger partial charge is 0.504 e. The number of hydrogen-bond donors (Lipinski definition) is 4. The van der Waals surface area contributed by atoms with Crippen molar-refractivity contribution in [1.82, 2.24) is 0 Å². The van der Waals surface area contributed by atoms with Crippen LogP contribution in [-0.2, 0) is 0 Å². The third-order valence-corrected chi connectivity index (χ3v) is 3.87. The van der Waals surface area contributed by atoms with Crippen molar-refractivity contribution in [3.8, 4) is 23.0 Å². The summed E-state index contributed by atoms with van der Waals surface area (Å²) in [5.74, 6) is -1.66. The molecule has 0 bridgehead atoms. The van der Waals surface area contributed by atoms with E-state index in [-0.39, 0.29) is 33.4 Å². The Morgan fingerprint density at radius 1 is 0.739 bits per heavy atom. The first-order valence-electron chi connectivity index (χ1n) is 6.73. The minimum atomic E-state index is -0.557. The van der Waals surface area contributed by atoms with Crippen molar-refractivity contribution in [1.29, 1.82) is 0 Å². The van der Waals surface area contributed by atoms with Crippen LogP contribution in [0.1, 0.15) is 0 Å². The number of phenolic OH excluding ortho intramolecular Hbond substituents is 4. The minimum Gasteiger partial charge on any atom is -0.504 e. The monoisotopic (exact) mass is 310 g/mol. The maximum atomic E-state index is 12.8. The third-order valence-electron chi connectivity index (χ3n) is 3.87. The summed E-state index contributed by atoms with van der Waals surface area (Å²) in [6.07, 6.45) is 0. The fourth-order valence-corrected chi connectivity index (χ4v) is 2.76. The molecule has 0 aliphatic rings. The van der Waals surface area contributed by atoms with Gasteiger partial charge in [-0.15, -0.1) is 0 Å². The molecule has 0 saturated carbocycles. The number of rotatable bonds is 0. The Bertz CT molecular complexity index is 1170. The molecule has 1 aromatic heterocycles. The molecule has 6 heteroatoms. The van der Waals surface area contributed by atoms with E-state index in [0.29, 0.717) is 10.8 Å². The molecule has 23 heavy (non-hydrogen) atoms. The fourth-order valence-electron chi connectivity index (χ4n) is 2.76. The summed E-state index contributed by atoms with van der Waals surface area (Å²) >= 11 is 0. The molecule has 4 N–H and O–H groups in total. The summed E-state index contributed by atoms with van der Waals surface area (Å²) in [4.78, 5) is 12.8. The SMILES string of the molecule is O=c1c2c(O)c(O)ccc2oc2ccc3cc(O)c(O)cc3c12. The zero-order chi connectivity index (χ0) is 16.3. The molecule has 114 valence electrons. The quantitative estimate of drug-likeness (QED) is 0.226. The van der Waals surface area contributed by atoms with Crippen molar-refractivity contribution in [2.75, 3.05) is 0 Å². The average Bonchev–Trinajstić information content (AvgIpc) is 2.52. The summed E-state index contributed by atoms with van der Waals surface area (Å²) < 4.78 is 5.63. The molecular weight excluding hydrogens is 300 g/mol. The molecule has 3 aromatic carbocycles. The number of fused-ring (bicyclic) bond motifs is 4. The fraction of sp³-hybridized carbons (Fsp3) is 0. The van der Waals surface area contributed by atoms with Crippen molar-refractivity contribution in [2.45, 2.75) is 0 Å². The zero-order valence-electron chi connectivity index (χ0n) is 11.6. The highest BCUT2D eigenvalue weighted by Gasteiger charge is 2.17. The van der Waals surface area contributed by atoms with E-state index in [1.54, 1.807) is 12.1 Å². The molecule has 1 heterocycles. The number of phenols is 4. The average molecular weight is 310 g/mol. The van der Waals surface area contributed by atoms with Crippen LogP contribution in [0.15, 0.2) is 45.6 Å². The maximum absolute atomic E-state index is 12.8. The van der Waals surface area contributed by atoms with Gasteiger partial charge in [-0.25, -0.2) is 0 Å². The van der Waals surface area contributed by atoms with Gasteiger partial charge in [0.1, 0.15) is 16.6 Å². The first kappa shape index (κ1) is 13.3. The lowest BCUT2D eigenvalue weighted by molar-refractivity contribution is 0.405. The van der Waals surface area contributed by atoms with Gasteiger partial charge >= 0.3 is 0 Å². The molecule has 4 aromatic rings. The lowest BCUT2D eigenvalue weighted by atomic mass is 10.0. The van der Waals surface area contributed by atoms with Gasteiger partial charge in [-0.1, -0.05) is 6.07 Å². The molecule has 6 nitrogen and oxygen atoms in total. The second-order valence-electron chi connectivity index (χ2n) is 5.24. The molecule has 0 spiro atoms. The molecule has 0 radical (unpaired) electrons. The van der Waals surface area contributed by atoms with Gasteiger partial charge in [-0.2, -0.15) is 0 Å². The molecular formula is C17H10O6. The van der Waals surface area contributed by atoms with Crippen molar-refractivity contribution in [2.24, 2.45) is 0 Å². The molecule has 0 aliphatic heterocycles. The van der Waals surface area contributed by atoms with Crippen molar-refractivity contribution in [3.63, 3.8) is 0 Å². The zero-order valence-corrected chi connectivity index (χ0v) is 11.6. The van der Waals surface area contributed by atoms with Crippen LogP contribution in [0.3, 0.4) is 0 Å². The Labute approximate surface area is 128 Å². The highest BCUT2D eigenvalue weighted by atomic mass is 16.3. The van der Waals surface area contributed by atoms with Gasteiger partial charge in [0, 0.05) is 5.39 Å². The van der Waals surface area contributed by atoms with Crippen molar-refractivity contribution < 1.29 is 24.8 Å². The lowest BCUT2D eigenvalue weighted by Gasteiger charge is -2.08. The summed E-state index contributed by atoms with van der Waals surface area (Å²) in [6, 6.07) is 8.43. The van der Waals surface area contributed by atoms with E-state index in [1.807, 2.05) is 0 Å². The first-order valence-corrected chi connectivity index (χ1v) is 6.73. The molecule has 0 fully saturated rings. The molecule has 4 rings (SSSR count). The Balaban J connectivity index is 2.33. The van der Waals surface area contributed by atoms with E-state index >= 15 is 0 Å². The van der Waals surface area contributed by atoms with Gasteiger partial charge in [0.25, 0.3) is 0 Å². The molecule has 0 aliphatic carbocycles. The maximum Gasteiger partial charge on any atom is 0.205 e. The van der Waals surface area contributed by atoms with E-state index in [1.165, 1.54) is 24.3 Å². The summed E-state index contributed by atoms with van der Waals surface area (Å²) in [5, 5.41) is 39.8. The smallest absolute Gasteiger partial charge is 0.205 e. The Hall–Kier alpha value is -3.41. The predicted molar refractivity (Wildman–Crippen MR) is 84.2 cm³/mol. The molecule has 0 saturated heterocycles. The van der Waals surface area contributed by atoms with Gasteiger partial charge in [-0.05, 0) is 35.7 Å². The van der Waals surface area contributed by atoms with Gasteiger partial charge in [0.05, 0.1) is 5.39 Å². The van der Waals surface area contributed by atoms with Crippen LogP contribution in [0.2, 0.25) is 0 Å². The van der Waals surface area contributed by atoms with Crippen LogP contribution in [-0.4, -0.2) is 20.4 Å². The van der Waals surface area contributed by atoms with E-state index < -0.39 is 16.9 Å². The Kier molecular flexibility index (Phi) is 2.48. The number of hydrogen-bond acceptors (Lipinski definition) is 6. The lowest BCUT2D eigenvalue weighted by Crippen LogP contribution is -2.03. The molecule has 0 atom stereocenters. The summed E-state index contributed by atoms with van der Waals surface area (Å²) in [7, 11) is 0.